The van der Waals surface area contributed by atoms with Crippen molar-refractivity contribution in [3.63, 3.8) is 0 Å². The summed E-state index contributed by atoms with van der Waals surface area (Å²) in [5.74, 6) is -0.902. The molecule has 1 aromatic carbocycles. The highest BCUT2D eigenvalue weighted by Gasteiger charge is 2.59. The highest BCUT2D eigenvalue weighted by molar-refractivity contribution is 5.81. The van der Waals surface area contributed by atoms with E-state index in [0.29, 0.717) is 0 Å². The predicted molar refractivity (Wildman–Crippen MR) is 46.3 cm³/mol. The molecule has 1 aliphatic heterocycles. The van der Waals surface area contributed by atoms with Crippen molar-refractivity contribution in [1.29, 1.82) is 0 Å². The fourth-order valence-electron chi connectivity index (χ4n) is 1.39. The Balaban J connectivity index is 2.21. The fraction of sp³-hybridized carbons (Fsp3) is 0.300. The van der Waals surface area contributed by atoms with Gasteiger partial charge in [0, 0.05) is 0 Å². The lowest BCUT2D eigenvalue weighted by Crippen LogP contribution is -2.20. The van der Waals surface area contributed by atoms with Crippen molar-refractivity contribution >= 4 is 5.97 Å². The van der Waals surface area contributed by atoms with Gasteiger partial charge >= 0.3 is 5.97 Å². The molecule has 0 spiro atoms. The molecule has 1 aliphatic rings. The zero-order chi connectivity index (χ0) is 9.47. The second-order valence-electron chi connectivity index (χ2n) is 3.32. The molecule has 13 heavy (non-hydrogen) atoms. The van der Waals surface area contributed by atoms with Gasteiger partial charge < -0.3 is 9.84 Å². The van der Waals surface area contributed by atoms with E-state index in [-0.39, 0.29) is 6.10 Å². The number of carboxylic acid groups (broad SMARTS) is 1. The van der Waals surface area contributed by atoms with E-state index in [1.807, 2.05) is 30.3 Å². The Morgan fingerprint density at radius 3 is 2.54 bits per heavy atom. The lowest BCUT2D eigenvalue weighted by molar-refractivity contribution is -0.142. The second kappa shape index (κ2) is 2.57. The van der Waals surface area contributed by atoms with Gasteiger partial charge in [-0.3, -0.25) is 0 Å². The van der Waals surface area contributed by atoms with Crippen LogP contribution in [0.4, 0.5) is 0 Å². The van der Waals surface area contributed by atoms with E-state index in [1.165, 1.54) is 0 Å². The number of hydrogen-bond donors (Lipinski definition) is 1. The van der Waals surface area contributed by atoms with Crippen LogP contribution in [0.1, 0.15) is 18.6 Å². The van der Waals surface area contributed by atoms with E-state index in [1.54, 1.807) is 6.92 Å². The molecule has 68 valence electrons. The molecule has 0 aliphatic carbocycles. The van der Waals surface area contributed by atoms with Crippen LogP contribution < -0.4 is 0 Å². The molecule has 0 bridgehead atoms. The van der Waals surface area contributed by atoms with Crippen LogP contribution in [-0.2, 0) is 9.53 Å². The van der Waals surface area contributed by atoms with Crippen LogP contribution >= 0.6 is 0 Å². The first-order valence-electron chi connectivity index (χ1n) is 4.11. The van der Waals surface area contributed by atoms with Crippen LogP contribution in [0.3, 0.4) is 0 Å². The summed E-state index contributed by atoms with van der Waals surface area (Å²) in [5.41, 5.74) is -0.0890. The van der Waals surface area contributed by atoms with Crippen molar-refractivity contribution in [2.45, 2.75) is 18.6 Å². The molecular weight excluding hydrogens is 168 g/mol. The topological polar surface area (TPSA) is 49.8 Å². The number of benzene rings is 1. The fourth-order valence-corrected chi connectivity index (χ4v) is 1.39. The number of ether oxygens (including phenoxy) is 1. The van der Waals surface area contributed by atoms with E-state index in [4.69, 9.17) is 9.84 Å². The molecule has 1 aromatic rings. The van der Waals surface area contributed by atoms with Crippen molar-refractivity contribution < 1.29 is 14.6 Å². The monoisotopic (exact) mass is 178 g/mol. The molecule has 2 rings (SSSR count). The Morgan fingerprint density at radius 2 is 2.08 bits per heavy atom. The average molecular weight is 178 g/mol. The Bertz CT molecular complexity index is 333. The molecule has 3 heteroatoms. The standard InChI is InChI=1S/C10H10O3/c1-10(9(11)12)8(13-10)7-5-3-2-4-6-7/h2-6,8H,1H3,(H,11,12). The Hall–Kier alpha value is -1.35. The van der Waals surface area contributed by atoms with Gasteiger partial charge in [-0.2, -0.15) is 0 Å². The third kappa shape index (κ3) is 1.21. The number of epoxide rings is 1. The van der Waals surface area contributed by atoms with Gasteiger partial charge in [0.1, 0.15) is 6.10 Å². The maximum absolute atomic E-state index is 10.7. The van der Waals surface area contributed by atoms with E-state index in [2.05, 4.69) is 0 Å². The normalized spacial score (nSPS) is 31.3. The Morgan fingerprint density at radius 1 is 1.46 bits per heavy atom. The number of carboxylic acids is 1. The molecule has 1 saturated heterocycles. The van der Waals surface area contributed by atoms with Gasteiger partial charge in [0.2, 0.25) is 0 Å². The van der Waals surface area contributed by atoms with Crippen LogP contribution in [0.15, 0.2) is 30.3 Å². The molecule has 0 amide bonds. The van der Waals surface area contributed by atoms with E-state index in [0.717, 1.165) is 5.56 Å². The van der Waals surface area contributed by atoms with Gasteiger partial charge in [-0.05, 0) is 12.5 Å². The van der Waals surface area contributed by atoms with Crippen molar-refractivity contribution in [3.05, 3.63) is 35.9 Å². The van der Waals surface area contributed by atoms with Crippen molar-refractivity contribution in [3.8, 4) is 0 Å². The highest BCUT2D eigenvalue weighted by Crippen LogP contribution is 2.49. The quantitative estimate of drug-likeness (QED) is 0.700. The predicted octanol–water partition coefficient (Wildman–Crippen LogP) is 1.60. The third-order valence-corrected chi connectivity index (χ3v) is 2.33. The van der Waals surface area contributed by atoms with Crippen molar-refractivity contribution in [1.82, 2.24) is 0 Å². The number of rotatable bonds is 2. The van der Waals surface area contributed by atoms with Gasteiger partial charge in [-0.15, -0.1) is 0 Å². The summed E-state index contributed by atoms with van der Waals surface area (Å²) in [6.07, 6.45) is -0.286. The van der Waals surface area contributed by atoms with Crippen LogP contribution in [0.2, 0.25) is 0 Å². The zero-order valence-corrected chi connectivity index (χ0v) is 7.23. The molecule has 3 nitrogen and oxygen atoms in total. The molecule has 2 unspecified atom stereocenters. The summed E-state index contributed by atoms with van der Waals surface area (Å²) in [5, 5.41) is 8.82. The van der Waals surface area contributed by atoms with Crippen LogP contribution in [-0.4, -0.2) is 16.7 Å². The van der Waals surface area contributed by atoms with Crippen molar-refractivity contribution in [2.24, 2.45) is 0 Å². The zero-order valence-electron chi connectivity index (χ0n) is 7.23. The largest absolute Gasteiger partial charge is 0.479 e. The van der Waals surface area contributed by atoms with Gasteiger partial charge in [-0.1, -0.05) is 30.3 Å². The molecule has 1 heterocycles. The first-order valence-corrected chi connectivity index (χ1v) is 4.11. The maximum atomic E-state index is 10.7. The van der Waals surface area contributed by atoms with Gasteiger partial charge in [0.15, 0.2) is 5.60 Å². The van der Waals surface area contributed by atoms with Gasteiger partial charge in [0.25, 0.3) is 0 Å². The minimum absolute atomic E-state index is 0.286. The van der Waals surface area contributed by atoms with Crippen LogP contribution in [0.5, 0.6) is 0 Å². The lowest BCUT2D eigenvalue weighted by atomic mass is 10.0. The molecule has 2 atom stereocenters. The van der Waals surface area contributed by atoms with Crippen molar-refractivity contribution in [2.75, 3.05) is 0 Å². The Labute approximate surface area is 76.0 Å². The number of carbonyl (C=O) groups is 1. The molecule has 0 saturated carbocycles. The summed E-state index contributed by atoms with van der Waals surface area (Å²) < 4.78 is 5.15. The van der Waals surface area contributed by atoms with E-state index in [9.17, 15) is 4.79 Å². The molecule has 0 radical (unpaired) electrons. The highest BCUT2D eigenvalue weighted by atomic mass is 16.6. The third-order valence-electron chi connectivity index (χ3n) is 2.33. The van der Waals surface area contributed by atoms with E-state index < -0.39 is 11.6 Å². The summed E-state index contributed by atoms with van der Waals surface area (Å²) in [6.45, 7) is 1.59. The number of hydrogen-bond acceptors (Lipinski definition) is 2. The van der Waals surface area contributed by atoms with Crippen LogP contribution in [0, 0.1) is 0 Å². The Kier molecular flexibility index (Phi) is 1.63. The maximum Gasteiger partial charge on any atom is 0.338 e. The molecular formula is C10H10O3. The second-order valence-corrected chi connectivity index (χ2v) is 3.32. The average Bonchev–Trinajstić information content (AvgIpc) is 2.81. The summed E-state index contributed by atoms with van der Waals surface area (Å²) in [7, 11) is 0. The van der Waals surface area contributed by atoms with E-state index >= 15 is 0 Å². The summed E-state index contributed by atoms with van der Waals surface area (Å²) >= 11 is 0. The lowest BCUT2D eigenvalue weighted by Gasteiger charge is -1.98. The minimum Gasteiger partial charge on any atom is -0.479 e. The van der Waals surface area contributed by atoms with Crippen LogP contribution in [0.25, 0.3) is 0 Å². The van der Waals surface area contributed by atoms with Gasteiger partial charge in [0.05, 0.1) is 0 Å². The minimum atomic E-state index is -1.01. The SMILES string of the molecule is CC1(C(=O)O)OC1c1ccccc1. The number of aliphatic carboxylic acids is 1. The first kappa shape index (κ1) is 8.26. The molecule has 1 N–H and O–H groups in total. The first-order chi connectivity index (χ1) is 6.14. The summed E-state index contributed by atoms with van der Waals surface area (Å²) in [6, 6.07) is 9.39. The molecule has 1 fully saturated rings. The summed E-state index contributed by atoms with van der Waals surface area (Å²) in [4.78, 5) is 10.7. The smallest absolute Gasteiger partial charge is 0.338 e. The molecule has 0 aromatic heterocycles. The van der Waals surface area contributed by atoms with Gasteiger partial charge in [-0.25, -0.2) is 4.79 Å².